The first-order valence-corrected chi connectivity index (χ1v) is 11.3. The molecular formula is C20H27N3O5S. The zero-order chi connectivity index (χ0) is 21.4. The summed E-state index contributed by atoms with van der Waals surface area (Å²) in [6.07, 6.45) is 6.17. The fourth-order valence-corrected chi connectivity index (χ4v) is 4.21. The van der Waals surface area contributed by atoms with Crippen molar-refractivity contribution in [3.8, 4) is 5.75 Å². The number of carbonyl (C=O) groups is 1. The van der Waals surface area contributed by atoms with Gasteiger partial charge in [0.2, 0.25) is 10.0 Å². The molecule has 0 spiro atoms. The van der Waals surface area contributed by atoms with Crippen LogP contribution in [-0.4, -0.2) is 43.0 Å². The third-order valence-corrected chi connectivity index (χ3v) is 5.25. The minimum Gasteiger partial charge on any atom is -0.496 e. The number of hydrogen-bond acceptors (Lipinski definition) is 6. The van der Waals surface area contributed by atoms with Crippen molar-refractivity contribution in [2.24, 2.45) is 0 Å². The Labute approximate surface area is 171 Å². The van der Waals surface area contributed by atoms with Crippen molar-refractivity contribution >= 4 is 21.8 Å². The molecule has 0 fully saturated rings. The van der Waals surface area contributed by atoms with Crippen LogP contribution < -0.4 is 9.46 Å². The summed E-state index contributed by atoms with van der Waals surface area (Å²) in [4.78, 5) is 16.8. The molecule has 8 nitrogen and oxygen atoms in total. The van der Waals surface area contributed by atoms with E-state index >= 15 is 0 Å². The second kappa shape index (κ2) is 7.70. The van der Waals surface area contributed by atoms with E-state index in [1.54, 1.807) is 46.2 Å². The smallest absolute Gasteiger partial charge is 0.419 e. The number of carbonyl (C=O) groups excluding carboxylic acids is 1. The largest absolute Gasteiger partial charge is 0.496 e. The van der Waals surface area contributed by atoms with Crippen molar-refractivity contribution in [2.45, 2.75) is 51.6 Å². The van der Waals surface area contributed by atoms with E-state index in [0.717, 1.165) is 36.6 Å². The van der Waals surface area contributed by atoms with E-state index in [-0.39, 0.29) is 5.92 Å². The molecule has 29 heavy (non-hydrogen) atoms. The van der Waals surface area contributed by atoms with E-state index in [0.29, 0.717) is 17.1 Å². The number of sulfonamides is 1. The van der Waals surface area contributed by atoms with Gasteiger partial charge in [0.15, 0.2) is 0 Å². The van der Waals surface area contributed by atoms with Crippen LogP contribution in [-0.2, 0) is 21.2 Å². The average molecular weight is 422 g/mol. The molecule has 1 aliphatic rings. The highest BCUT2D eigenvalue weighted by molar-refractivity contribution is 7.92. The molecule has 0 radical (unpaired) electrons. The van der Waals surface area contributed by atoms with Gasteiger partial charge in [-0.15, -0.1) is 0 Å². The van der Waals surface area contributed by atoms with Crippen LogP contribution in [0.4, 0.5) is 10.5 Å². The summed E-state index contributed by atoms with van der Waals surface area (Å²) in [6.45, 7) is 5.42. The van der Waals surface area contributed by atoms with Gasteiger partial charge < -0.3 is 9.47 Å². The number of methoxy groups -OCH3 is 1. The Bertz CT molecular complexity index is 1020. The number of hydrogen-bond donors (Lipinski definition) is 1. The lowest BCUT2D eigenvalue weighted by molar-refractivity contribution is 0.0536. The van der Waals surface area contributed by atoms with Crippen molar-refractivity contribution in [3.63, 3.8) is 0 Å². The molecule has 0 bridgehead atoms. The maximum Gasteiger partial charge on any atom is 0.419 e. The summed E-state index contributed by atoms with van der Waals surface area (Å²) in [5, 5.41) is 0. The van der Waals surface area contributed by atoms with Crippen LogP contribution in [0.25, 0.3) is 0 Å². The second-order valence-corrected chi connectivity index (χ2v) is 9.96. The molecule has 1 atom stereocenters. The third-order valence-electron chi connectivity index (χ3n) is 4.66. The Balaban J connectivity index is 2.01. The number of nitrogens with one attached hydrogen (secondary N) is 1. The number of benzene rings is 1. The van der Waals surface area contributed by atoms with Gasteiger partial charge in [-0.1, -0.05) is 0 Å². The fraction of sp³-hybridized carbons (Fsp3) is 0.500. The molecule has 0 amide bonds. The van der Waals surface area contributed by atoms with Crippen LogP contribution in [0.15, 0.2) is 24.7 Å². The van der Waals surface area contributed by atoms with E-state index in [1.807, 2.05) is 0 Å². The maximum atomic E-state index is 12.3. The Morgan fingerprint density at radius 2 is 2.03 bits per heavy atom. The molecule has 0 saturated carbocycles. The van der Waals surface area contributed by atoms with Crippen LogP contribution >= 0.6 is 0 Å². The molecule has 9 heteroatoms. The van der Waals surface area contributed by atoms with Crippen molar-refractivity contribution in [1.29, 1.82) is 0 Å². The van der Waals surface area contributed by atoms with Crippen LogP contribution in [0.2, 0.25) is 0 Å². The Morgan fingerprint density at radius 3 is 2.66 bits per heavy atom. The predicted octanol–water partition coefficient (Wildman–Crippen LogP) is 3.51. The van der Waals surface area contributed by atoms with Gasteiger partial charge in [-0.3, -0.25) is 4.72 Å². The van der Waals surface area contributed by atoms with Crippen LogP contribution in [0.1, 0.15) is 56.4 Å². The van der Waals surface area contributed by atoms with E-state index < -0.39 is 21.7 Å². The van der Waals surface area contributed by atoms with Gasteiger partial charge >= 0.3 is 6.09 Å². The van der Waals surface area contributed by atoms with Gasteiger partial charge in [-0.05, 0) is 57.7 Å². The van der Waals surface area contributed by atoms with Gasteiger partial charge in [-0.25, -0.2) is 22.8 Å². The minimum absolute atomic E-state index is 0.112. The van der Waals surface area contributed by atoms with Crippen LogP contribution in [0, 0.1) is 0 Å². The quantitative estimate of drug-likeness (QED) is 0.811. The molecule has 1 N–H and O–H groups in total. The first-order valence-electron chi connectivity index (χ1n) is 9.43. The number of imidazole rings is 1. The highest BCUT2D eigenvalue weighted by atomic mass is 32.2. The molecule has 1 heterocycles. The lowest BCUT2D eigenvalue weighted by Gasteiger charge is -2.28. The molecule has 1 aromatic heterocycles. The molecule has 1 unspecified atom stereocenters. The molecule has 3 rings (SSSR count). The number of aromatic nitrogens is 2. The second-order valence-electron chi connectivity index (χ2n) is 8.21. The SMILES string of the molecule is COc1ccc(NS(C)(=O)=O)c2c1C(c1cn(C(=O)OC(C)(C)C)cn1)CCC2. The summed E-state index contributed by atoms with van der Waals surface area (Å²) in [5.74, 6) is 0.564. The zero-order valence-corrected chi connectivity index (χ0v) is 18.2. The van der Waals surface area contributed by atoms with Gasteiger partial charge in [0.1, 0.15) is 17.7 Å². The Morgan fingerprint density at radius 1 is 1.31 bits per heavy atom. The lowest BCUT2D eigenvalue weighted by atomic mass is 9.80. The summed E-state index contributed by atoms with van der Waals surface area (Å²) in [7, 11) is -1.82. The average Bonchev–Trinajstić information content (AvgIpc) is 3.09. The van der Waals surface area contributed by atoms with Crippen molar-refractivity contribution < 1.29 is 22.7 Å². The van der Waals surface area contributed by atoms with Crippen molar-refractivity contribution in [1.82, 2.24) is 9.55 Å². The first kappa shape index (κ1) is 21.2. The molecule has 0 aliphatic heterocycles. The van der Waals surface area contributed by atoms with Crippen molar-refractivity contribution in [2.75, 3.05) is 18.1 Å². The first-order chi connectivity index (χ1) is 13.5. The van der Waals surface area contributed by atoms with E-state index in [9.17, 15) is 13.2 Å². The summed E-state index contributed by atoms with van der Waals surface area (Å²) in [6, 6.07) is 3.48. The number of fused-ring (bicyclic) bond motifs is 1. The molecule has 2 aromatic rings. The monoisotopic (exact) mass is 421 g/mol. The highest BCUT2D eigenvalue weighted by Gasteiger charge is 2.30. The fourth-order valence-electron chi connectivity index (χ4n) is 3.62. The zero-order valence-electron chi connectivity index (χ0n) is 17.4. The number of anilines is 1. The molecule has 1 aromatic carbocycles. The molecule has 1 aliphatic carbocycles. The van der Waals surface area contributed by atoms with Gasteiger partial charge in [-0.2, -0.15) is 0 Å². The van der Waals surface area contributed by atoms with Gasteiger partial charge in [0, 0.05) is 17.7 Å². The third kappa shape index (κ3) is 4.90. The van der Waals surface area contributed by atoms with Gasteiger partial charge in [0.05, 0.1) is 24.7 Å². The topological polar surface area (TPSA) is 99.5 Å². The summed E-state index contributed by atoms with van der Waals surface area (Å²) < 4.78 is 38.4. The summed E-state index contributed by atoms with van der Waals surface area (Å²) >= 11 is 0. The Kier molecular flexibility index (Phi) is 5.62. The lowest BCUT2D eigenvalue weighted by Crippen LogP contribution is -2.26. The molecule has 158 valence electrons. The molecular weight excluding hydrogens is 394 g/mol. The number of rotatable bonds is 4. The van der Waals surface area contributed by atoms with E-state index in [1.165, 1.54) is 10.9 Å². The highest BCUT2D eigenvalue weighted by Crippen LogP contribution is 2.44. The van der Waals surface area contributed by atoms with E-state index in [2.05, 4.69) is 9.71 Å². The minimum atomic E-state index is -3.41. The number of ether oxygens (including phenoxy) is 2. The number of nitrogens with zero attached hydrogens (tertiary/aromatic N) is 2. The Hall–Kier alpha value is -2.55. The predicted molar refractivity (Wildman–Crippen MR) is 110 cm³/mol. The standard InChI is InChI=1S/C20H27N3O5S/c1-20(2,3)28-19(24)23-11-16(21-12-23)14-8-6-7-13-15(22-29(5,25)26)9-10-17(27-4)18(13)14/h9-12,14,22H,6-8H2,1-5H3. The maximum absolute atomic E-state index is 12.3. The van der Waals surface area contributed by atoms with Gasteiger partial charge in [0.25, 0.3) is 0 Å². The van der Waals surface area contributed by atoms with Crippen LogP contribution in [0.5, 0.6) is 5.75 Å². The van der Waals surface area contributed by atoms with Crippen molar-refractivity contribution in [3.05, 3.63) is 41.5 Å². The normalized spacial score (nSPS) is 16.8. The summed E-state index contributed by atoms with van der Waals surface area (Å²) in [5.41, 5.74) is 2.47. The molecule has 0 saturated heterocycles. The van der Waals surface area contributed by atoms with E-state index in [4.69, 9.17) is 9.47 Å². The van der Waals surface area contributed by atoms with Crippen LogP contribution in [0.3, 0.4) is 0 Å².